The molecule has 0 bridgehead atoms. The van der Waals surface area contributed by atoms with Crippen LogP contribution in [0.3, 0.4) is 0 Å². The summed E-state index contributed by atoms with van der Waals surface area (Å²) in [6.07, 6.45) is 1.44. The molecule has 0 aliphatic rings. The minimum Gasteiger partial charge on any atom is -0.478 e. The molecule has 0 atom stereocenters. The lowest BCUT2D eigenvalue weighted by molar-refractivity contribution is -0.384. The molecule has 0 aliphatic carbocycles. The number of aromatic carboxylic acids is 1. The Labute approximate surface area is 102 Å². The van der Waals surface area contributed by atoms with Crippen molar-refractivity contribution < 1.29 is 19.6 Å². The fraction of sp³-hybridized carbons (Fsp3) is 0.0909. The van der Waals surface area contributed by atoms with E-state index in [1.807, 2.05) is 0 Å². The highest BCUT2D eigenvalue weighted by molar-refractivity contribution is 5.98. The van der Waals surface area contributed by atoms with Gasteiger partial charge in [0.05, 0.1) is 10.5 Å². The molecule has 0 unspecified atom stereocenters. The smallest absolute Gasteiger partial charge is 0.335 e. The molecule has 0 aromatic heterocycles. The molecule has 0 saturated heterocycles. The molecule has 0 aliphatic heterocycles. The van der Waals surface area contributed by atoms with Crippen molar-refractivity contribution in [2.75, 3.05) is 6.54 Å². The maximum Gasteiger partial charge on any atom is 0.335 e. The molecule has 7 nitrogen and oxygen atoms in total. The number of rotatable bonds is 5. The van der Waals surface area contributed by atoms with E-state index in [0.29, 0.717) is 0 Å². The molecular formula is C11H10N2O5. The predicted octanol–water partition coefficient (Wildman–Crippen LogP) is 1.21. The molecule has 1 aromatic rings. The molecular weight excluding hydrogens is 240 g/mol. The number of hydrogen-bond donors (Lipinski definition) is 2. The number of carboxylic acids is 1. The number of amides is 1. The number of nitro benzene ring substituents is 1. The van der Waals surface area contributed by atoms with E-state index in [1.54, 1.807) is 0 Å². The monoisotopic (exact) mass is 250 g/mol. The Bertz CT molecular complexity index is 492. The van der Waals surface area contributed by atoms with Crippen molar-refractivity contribution in [2.24, 2.45) is 0 Å². The Morgan fingerprint density at radius 2 is 2.00 bits per heavy atom. The van der Waals surface area contributed by atoms with E-state index in [4.69, 9.17) is 5.11 Å². The van der Waals surface area contributed by atoms with Crippen LogP contribution in [0.25, 0.3) is 0 Å². The second-order valence-corrected chi connectivity index (χ2v) is 3.33. The molecule has 2 N–H and O–H groups in total. The molecule has 0 heterocycles. The quantitative estimate of drug-likeness (QED) is 0.463. The zero-order valence-corrected chi connectivity index (χ0v) is 9.25. The molecule has 0 saturated carbocycles. The zero-order valence-electron chi connectivity index (χ0n) is 9.25. The van der Waals surface area contributed by atoms with E-state index in [-0.39, 0.29) is 17.7 Å². The number of carbonyl (C=O) groups is 2. The Kier molecular flexibility index (Phi) is 4.14. The maximum absolute atomic E-state index is 11.6. The summed E-state index contributed by atoms with van der Waals surface area (Å²) in [5.41, 5.74) is -0.838. The van der Waals surface area contributed by atoms with Crippen LogP contribution in [-0.4, -0.2) is 28.5 Å². The minimum absolute atomic E-state index is 0.0801. The van der Waals surface area contributed by atoms with Gasteiger partial charge >= 0.3 is 5.97 Å². The first-order valence-corrected chi connectivity index (χ1v) is 4.87. The van der Waals surface area contributed by atoms with E-state index in [9.17, 15) is 19.7 Å². The van der Waals surface area contributed by atoms with Crippen molar-refractivity contribution in [2.45, 2.75) is 0 Å². The second kappa shape index (κ2) is 5.58. The lowest BCUT2D eigenvalue weighted by Crippen LogP contribution is -2.23. The first-order chi connectivity index (χ1) is 8.45. The minimum atomic E-state index is -1.34. The summed E-state index contributed by atoms with van der Waals surface area (Å²) in [6.45, 7) is 3.59. The summed E-state index contributed by atoms with van der Waals surface area (Å²) in [5.74, 6) is -1.93. The van der Waals surface area contributed by atoms with Crippen LogP contribution >= 0.6 is 0 Å². The zero-order chi connectivity index (χ0) is 13.7. The van der Waals surface area contributed by atoms with Crippen LogP contribution in [0.5, 0.6) is 0 Å². The van der Waals surface area contributed by atoms with Gasteiger partial charge in [-0.25, -0.2) is 4.79 Å². The van der Waals surface area contributed by atoms with Crippen LogP contribution in [-0.2, 0) is 0 Å². The van der Waals surface area contributed by atoms with Gasteiger partial charge in [0.25, 0.3) is 11.6 Å². The number of nitrogens with one attached hydrogen (secondary N) is 1. The summed E-state index contributed by atoms with van der Waals surface area (Å²) in [4.78, 5) is 32.2. The summed E-state index contributed by atoms with van der Waals surface area (Å²) in [7, 11) is 0. The molecule has 7 heteroatoms. The van der Waals surface area contributed by atoms with Gasteiger partial charge in [-0.2, -0.15) is 0 Å². The van der Waals surface area contributed by atoms with Crippen molar-refractivity contribution in [1.29, 1.82) is 0 Å². The Morgan fingerprint density at radius 1 is 1.39 bits per heavy atom. The van der Waals surface area contributed by atoms with Crippen molar-refractivity contribution >= 4 is 17.6 Å². The highest BCUT2D eigenvalue weighted by Crippen LogP contribution is 2.17. The lowest BCUT2D eigenvalue weighted by Gasteiger charge is -2.03. The maximum atomic E-state index is 11.6. The van der Waals surface area contributed by atoms with Crippen molar-refractivity contribution in [3.05, 3.63) is 52.1 Å². The number of nitrogens with zero attached hydrogens (tertiary/aromatic N) is 1. The fourth-order valence-electron chi connectivity index (χ4n) is 1.24. The van der Waals surface area contributed by atoms with E-state index in [1.165, 1.54) is 6.08 Å². The number of benzene rings is 1. The van der Waals surface area contributed by atoms with Gasteiger partial charge in [0.15, 0.2) is 0 Å². The highest BCUT2D eigenvalue weighted by Gasteiger charge is 2.17. The van der Waals surface area contributed by atoms with Gasteiger partial charge in [0.1, 0.15) is 0 Å². The van der Waals surface area contributed by atoms with Gasteiger partial charge < -0.3 is 10.4 Å². The van der Waals surface area contributed by atoms with Crippen LogP contribution in [0.1, 0.15) is 20.7 Å². The molecule has 18 heavy (non-hydrogen) atoms. The number of nitro groups is 1. The van der Waals surface area contributed by atoms with Crippen molar-refractivity contribution in [3.63, 3.8) is 0 Å². The van der Waals surface area contributed by atoms with Gasteiger partial charge in [0.2, 0.25) is 0 Å². The Balaban J connectivity index is 3.18. The average molecular weight is 250 g/mol. The fourth-order valence-corrected chi connectivity index (χ4v) is 1.24. The SMILES string of the molecule is C=CCNC(=O)c1cc(C(=O)O)cc([N+](=O)[O-])c1. The van der Waals surface area contributed by atoms with Crippen LogP contribution in [0.2, 0.25) is 0 Å². The second-order valence-electron chi connectivity index (χ2n) is 3.33. The molecule has 1 amide bonds. The number of carbonyl (C=O) groups excluding carboxylic acids is 1. The summed E-state index contributed by atoms with van der Waals surface area (Å²) < 4.78 is 0. The van der Waals surface area contributed by atoms with Crippen LogP contribution in [0.4, 0.5) is 5.69 Å². The number of non-ortho nitro benzene ring substituents is 1. The van der Waals surface area contributed by atoms with Gasteiger partial charge in [-0.3, -0.25) is 14.9 Å². The molecule has 1 rings (SSSR count). The van der Waals surface area contributed by atoms with Crippen LogP contribution < -0.4 is 5.32 Å². The highest BCUT2D eigenvalue weighted by atomic mass is 16.6. The average Bonchev–Trinajstić information content (AvgIpc) is 2.35. The van der Waals surface area contributed by atoms with Gasteiger partial charge in [0, 0.05) is 24.2 Å². The van der Waals surface area contributed by atoms with E-state index < -0.39 is 22.5 Å². The van der Waals surface area contributed by atoms with Gasteiger partial charge in [-0.05, 0) is 6.07 Å². The summed E-state index contributed by atoms with van der Waals surface area (Å²) in [6, 6.07) is 2.99. The molecule has 1 aromatic carbocycles. The Morgan fingerprint density at radius 3 is 2.50 bits per heavy atom. The van der Waals surface area contributed by atoms with Crippen molar-refractivity contribution in [1.82, 2.24) is 5.32 Å². The van der Waals surface area contributed by atoms with Gasteiger partial charge in [-0.1, -0.05) is 6.08 Å². The molecule has 94 valence electrons. The lowest BCUT2D eigenvalue weighted by atomic mass is 10.1. The largest absolute Gasteiger partial charge is 0.478 e. The number of carboxylic acid groups (broad SMARTS) is 1. The summed E-state index contributed by atoms with van der Waals surface area (Å²) >= 11 is 0. The Hall–Kier alpha value is -2.70. The topological polar surface area (TPSA) is 110 Å². The van der Waals surface area contributed by atoms with Gasteiger partial charge in [-0.15, -0.1) is 6.58 Å². The first-order valence-electron chi connectivity index (χ1n) is 4.87. The summed E-state index contributed by atoms with van der Waals surface area (Å²) in [5, 5.41) is 21.8. The standard InChI is InChI=1S/C11H10N2O5/c1-2-3-12-10(14)7-4-8(11(15)16)6-9(5-7)13(17)18/h2,4-6H,1,3H2,(H,12,14)(H,15,16). The predicted molar refractivity (Wildman–Crippen MR) is 62.6 cm³/mol. The van der Waals surface area contributed by atoms with Crippen LogP contribution in [0.15, 0.2) is 30.9 Å². The van der Waals surface area contributed by atoms with E-state index in [2.05, 4.69) is 11.9 Å². The third-order valence-corrected chi connectivity index (χ3v) is 2.04. The third-order valence-electron chi connectivity index (χ3n) is 2.04. The van der Waals surface area contributed by atoms with Crippen LogP contribution in [0, 0.1) is 10.1 Å². The van der Waals surface area contributed by atoms with E-state index in [0.717, 1.165) is 18.2 Å². The molecule has 0 radical (unpaired) electrons. The first kappa shape index (κ1) is 13.4. The molecule has 0 fully saturated rings. The normalized spacial score (nSPS) is 9.56. The van der Waals surface area contributed by atoms with E-state index >= 15 is 0 Å². The third kappa shape index (κ3) is 3.14. The van der Waals surface area contributed by atoms with Crippen molar-refractivity contribution in [3.8, 4) is 0 Å². The molecule has 0 spiro atoms. The number of hydrogen-bond acceptors (Lipinski definition) is 4.